The van der Waals surface area contributed by atoms with E-state index in [4.69, 9.17) is 9.47 Å². The van der Waals surface area contributed by atoms with Gasteiger partial charge in [-0.1, -0.05) is 34.1 Å². The number of methoxy groups -OCH3 is 1. The molecule has 0 aromatic heterocycles. The summed E-state index contributed by atoms with van der Waals surface area (Å²) >= 11 is 3.29. The van der Waals surface area contributed by atoms with Gasteiger partial charge in [0.15, 0.2) is 0 Å². The molecule has 0 bridgehead atoms. The summed E-state index contributed by atoms with van der Waals surface area (Å²) in [5.41, 5.74) is 0.776. The minimum Gasteiger partial charge on any atom is -0.496 e. The minimum atomic E-state index is -0.478. The van der Waals surface area contributed by atoms with Gasteiger partial charge in [0.05, 0.1) is 13.7 Å². The molecule has 0 spiro atoms. The van der Waals surface area contributed by atoms with Crippen LogP contribution in [0.4, 0.5) is 0 Å². The van der Waals surface area contributed by atoms with Crippen molar-refractivity contribution >= 4 is 21.9 Å². The highest BCUT2D eigenvalue weighted by molar-refractivity contribution is 9.09. The molecule has 82 valence electrons. The van der Waals surface area contributed by atoms with Crippen molar-refractivity contribution in [2.24, 2.45) is 0 Å². The molecule has 0 unspecified atom stereocenters. The van der Waals surface area contributed by atoms with Crippen molar-refractivity contribution < 1.29 is 14.3 Å². The van der Waals surface area contributed by atoms with Gasteiger partial charge in [-0.15, -0.1) is 0 Å². The Hall–Kier alpha value is -1.03. The lowest BCUT2D eigenvalue weighted by Crippen LogP contribution is -2.11. The number of carbonyl (C=O) groups is 1. The molecule has 4 heteroatoms. The molecule has 1 aromatic carbocycles. The second kappa shape index (κ2) is 5.75. The highest BCUT2D eigenvalue weighted by Crippen LogP contribution is 2.31. The number of benzene rings is 1. The first-order valence-corrected chi connectivity index (χ1v) is 5.55. The normalized spacial score (nSPS) is 11.9. The number of carbonyl (C=O) groups excluding carboxylic acids is 1. The largest absolute Gasteiger partial charge is 0.496 e. The second-order valence-corrected chi connectivity index (χ2v) is 3.77. The van der Waals surface area contributed by atoms with E-state index in [1.807, 2.05) is 24.3 Å². The molecule has 0 heterocycles. The molecule has 0 amide bonds. The van der Waals surface area contributed by atoms with Crippen molar-refractivity contribution in [3.63, 3.8) is 0 Å². The Bertz CT molecular complexity index is 338. The fourth-order valence-corrected chi connectivity index (χ4v) is 1.73. The quantitative estimate of drug-likeness (QED) is 0.625. The molecule has 0 N–H and O–H groups in total. The van der Waals surface area contributed by atoms with Crippen LogP contribution in [0.2, 0.25) is 0 Å². The molecule has 1 rings (SSSR count). The summed E-state index contributed by atoms with van der Waals surface area (Å²) in [6.45, 7) is 2.15. The van der Waals surface area contributed by atoms with Crippen molar-refractivity contribution in [3.05, 3.63) is 29.8 Å². The summed E-state index contributed by atoms with van der Waals surface area (Å²) in [4.78, 5) is 11.0. The summed E-state index contributed by atoms with van der Waals surface area (Å²) < 4.78 is 10.1. The highest BCUT2D eigenvalue weighted by Gasteiger charge is 2.21. The summed E-state index contributed by atoms with van der Waals surface area (Å²) in [7, 11) is 1.57. The lowest BCUT2D eigenvalue weighted by atomic mass is 10.1. The van der Waals surface area contributed by atoms with Crippen LogP contribution in [0, 0.1) is 0 Å². The van der Waals surface area contributed by atoms with Gasteiger partial charge >= 0.3 is 5.97 Å². The number of ether oxygens (including phenoxy) is 2. The minimum absolute atomic E-state index is 0.304. The molecule has 0 aliphatic rings. The molecule has 1 aromatic rings. The maximum Gasteiger partial charge on any atom is 0.324 e. The van der Waals surface area contributed by atoms with Gasteiger partial charge in [-0.05, 0) is 13.0 Å². The van der Waals surface area contributed by atoms with E-state index in [2.05, 4.69) is 15.9 Å². The van der Waals surface area contributed by atoms with Gasteiger partial charge in [0.1, 0.15) is 10.6 Å². The summed E-state index contributed by atoms with van der Waals surface area (Å²) in [6.07, 6.45) is 0. The van der Waals surface area contributed by atoms with Crippen LogP contribution < -0.4 is 4.74 Å². The Labute approximate surface area is 97.5 Å². The Balaban J connectivity index is 2.89. The zero-order valence-electron chi connectivity index (χ0n) is 8.70. The topological polar surface area (TPSA) is 35.5 Å². The number of hydrogen-bond acceptors (Lipinski definition) is 3. The average molecular weight is 273 g/mol. The van der Waals surface area contributed by atoms with Crippen LogP contribution in [0.1, 0.15) is 17.3 Å². The van der Waals surface area contributed by atoms with Crippen LogP contribution in [0.25, 0.3) is 0 Å². The average Bonchev–Trinajstić information content (AvgIpc) is 2.28. The third-order valence-corrected chi connectivity index (χ3v) is 2.77. The number of hydrogen-bond donors (Lipinski definition) is 0. The number of halogens is 1. The van der Waals surface area contributed by atoms with Crippen LogP contribution in [0.5, 0.6) is 5.75 Å². The summed E-state index contributed by atoms with van der Waals surface area (Å²) in [5.74, 6) is 0.370. The zero-order valence-corrected chi connectivity index (χ0v) is 10.3. The van der Waals surface area contributed by atoms with Crippen LogP contribution in [-0.2, 0) is 9.53 Å². The monoisotopic (exact) mass is 272 g/mol. The van der Waals surface area contributed by atoms with E-state index in [1.54, 1.807) is 14.0 Å². The first kappa shape index (κ1) is 12.0. The predicted molar refractivity (Wildman–Crippen MR) is 61.3 cm³/mol. The highest BCUT2D eigenvalue weighted by atomic mass is 79.9. The molecule has 0 saturated heterocycles. The molecule has 0 saturated carbocycles. The van der Waals surface area contributed by atoms with E-state index in [0.29, 0.717) is 12.4 Å². The molecule has 3 nitrogen and oxygen atoms in total. The SMILES string of the molecule is CCOC(=O)[C@@H](Br)c1ccccc1OC. The van der Waals surface area contributed by atoms with Gasteiger partial charge < -0.3 is 9.47 Å². The van der Waals surface area contributed by atoms with Crippen molar-refractivity contribution in [2.45, 2.75) is 11.8 Å². The molecular weight excluding hydrogens is 260 g/mol. The van der Waals surface area contributed by atoms with Crippen molar-refractivity contribution in [3.8, 4) is 5.75 Å². The van der Waals surface area contributed by atoms with Crippen LogP contribution in [0.15, 0.2) is 24.3 Å². The van der Waals surface area contributed by atoms with E-state index in [1.165, 1.54) is 0 Å². The van der Waals surface area contributed by atoms with E-state index in [0.717, 1.165) is 5.56 Å². The second-order valence-electron chi connectivity index (χ2n) is 2.86. The fraction of sp³-hybridized carbons (Fsp3) is 0.364. The number of esters is 1. The van der Waals surface area contributed by atoms with Gasteiger partial charge in [-0.3, -0.25) is 4.79 Å². The smallest absolute Gasteiger partial charge is 0.324 e. The molecule has 15 heavy (non-hydrogen) atoms. The molecule has 0 radical (unpaired) electrons. The van der Waals surface area contributed by atoms with Crippen molar-refractivity contribution in [1.29, 1.82) is 0 Å². The fourth-order valence-electron chi connectivity index (χ4n) is 1.22. The standard InChI is InChI=1S/C11H13BrO3/c1-3-15-11(13)10(12)8-6-4-5-7-9(8)14-2/h4-7,10H,3H2,1-2H3/t10-/m0/s1. The summed E-state index contributed by atoms with van der Waals surface area (Å²) in [5, 5.41) is 0. The Morgan fingerprint density at radius 1 is 1.47 bits per heavy atom. The lowest BCUT2D eigenvalue weighted by molar-refractivity contribution is -0.142. The maximum atomic E-state index is 11.5. The van der Waals surface area contributed by atoms with Crippen molar-refractivity contribution in [2.75, 3.05) is 13.7 Å². The first-order chi connectivity index (χ1) is 7.20. The van der Waals surface area contributed by atoms with Gasteiger partial charge in [-0.25, -0.2) is 0 Å². The van der Waals surface area contributed by atoms with E-state index >= 15 is 0 Å². The van der Waals surface area contributed by atoms with E-state index in [-0.39, 0.29) is 5.97 Å². The van der Waals surface area contributed by atoms with Crippen LogP contribution >= 0.6 is 15.9 Å². The number of alkyl halides is 1. The Kier molecular flexibility index (Phi) is 4.62. The molecule has 0 aliphatic heterocycles. The Morgan fingerprint density at radius 2 is 2.13 bits per heavy atom. The Morgan fingerprint density at radius 3 is 2.73 bits per heavy atom. The maximum absolute atomic E-state index is 11.5. The third kappa shape index (κ3) is 2.96. The zero-order chi connectivity index (χ0) is 11.3. The molecule has 0 aliphatic carbocycles. The van der Waals surface area contributed by atoms with Gasteiger partial charge in [0.2, 0.25) is 0 Å². The number of para-hydroxylation sites is 1. The van der Waals surface area contributed by atoms with Crippen molar-refractivity contribution in [1.82, 2.24) is 0 Å². The van der Waals surface area contributed by atoms with Crippen LogP contribution in [0.3, 0.4) is 0 Å². The first-order valence-electron chi connectivity index (χ1n) is 4.64. The molecular formula is C11H13BrO3. The third-order valence-electron chi connectivity index (χ3n) is 1.91. The van der Waals surface area contributed by atoms with E-state index < -0.39 is 4.83 Å². The molecule has 0 fully saturated rings. The van der Waals surface area contributed by atoms with Gasteiger partial charge in [0.25, 0.3) is 0 Å². The predicted octanol–water partition coefficient (Wildman–Crippen LogP) is 2.69. The molecule has 1 atom stereocenters. The van der Waals surface area contributed by atoms with Gasteiger partial charge in [0, 0.05) is 5.56 Å². The van der Waals surface area contributed by atoms with Crippen LogP contribution in [-0.4, -0.2) is 19.7 Å². The van der Waals surface area contributed by atoms with E-state index in [9.17, 15) is 4.79 Å². The number of rotatable bonds is 4. The van der Waals surface area contributed by atoms with Gasteiger partial charge in [-0.2, -0.15) is 0 Å². The summed E-state index contributed by atoms with van der Waals surface area (Å²) in [6, 6.07) is 7.34. The lowest BCUT2D eigenvalue weighted by Gasteiger charge is -2.12.